The molecule has 3 fully saturated rings. The maximum Gasteiger partial charge on any atom is 0.282 e. The smallest absolute Gasteiger partial charge is 0.282 e. The Labute approximate surface area is 263 Å². The van der Waals surface area contributed by atoms with E-state index in [2.05, 4.69) is 35.7 Å². The van der Waals surface area contributed by atoms with Gasteiger partial charge in [0.05, 0.1) is 65.7 Å². The molecule has 242 valence electrons. The zero-order chi connectivity index (χ0) is 32.3. The number of aromatic nitrogens is 6. The lowest BCUT2D eigenvalue weighted by molar-refractivity contribution is -0.0262. The van der Waals surface area contributed by atoms with E-state index in [4.69, 9.17) is 0 Å². The molecule has 2 aliphatic carbocycles. The van der Waals surface area contributed by atoms with Crippen LogP contribution < -0.4 is 15.5 Å². The van der Waals surface area contributed by atoms with E-state index in [0.717, 1.165) is 23.1 Å². The summed E-state index contributed by atoms with van der Waals surface area (Å²) in [5, 5.41) is 20.4. The molecule has 0 radical (unpaired) electrons. The lowest BCUT2D eigenvalue weighted by Crippen LogP contribution is -2.56. The van der Waals surface area contributed by atoms with Crippen LogP contribution in [0, 0.1) is 5.82 Å². The first kappa shape index (κ1) is 30.3. The molecule has 0 unspecified atom stereocenters. The summed E-state index contributed by atoms with van der Waals surface area (Å²) in [5.74, 6) is -3.27. The van der Waals surface area contributed by atoms with Gasteiger partial charge in [-0.25, -0.2) is 36.5 Å². The van der Waals surface area contributed by atoms with Crippen molar-refractivity contribution in [2.75, 3.05) is 28.6 Å². The number of hydrogen-bond acceptors (Lipinski definition) is 11. The quantitative estimate of drug-likeness (QED) is 0.232. The Morgan fingerprint density at radius 2 is 1.76 bits per heavy atom. The first-order valence-electron chi connectivity index (χ1n) is 15.0. The van der Waals surface area contributed by atoms with Crippen LogP contribution in [0.25, 0.3) is 22.6 Å². The van der Waals surface area contributed by atoms with Crippen LogP contribution in [0.1, 0.15) is 45.4 Å². The summed E-state index contributed by atoms with van der Waals surface area (Å²) in [7, 11) is -3.59. The molecule has 1 aliphatic heterocycles. The Morgan fingerprint density at radius 1 is 1.00 bits per heavy atom. The van der Waals surface area contributed by atoms with Crippen LogP contribution in [0.3, 0.4) is 0 Å². The van der Waals surface area contributed by atoms with E-state index in [1.807, 2.05) is 6.92 Å². The molecule has 0 amide bonds. The molecular formula is C30H32F3N9O3S. The number of hydrogen-bond donors (Lipinski definition) is 3. The first-order valence-corrected chi connectivity index (χ1v) is 16.5. The lowest BCUT2D eigenvalue weighted by atomic mass is 9.83. The van der Waals surface area contributed by atoms with Crippen LogP contribution in [-0.2, 0) is 10.0 Å². The van der Waals surface area contributed by atoms with Crippen molar-refractivity contribution < 1.29 is 26.7 Å². The molecule has 16 heteroatoms. The second kappa shape index (κ2) is 11.2. The van der Waals surface area contributed by atoms with Gasteiger partial charge in [-0.2, -0.15) is 9.19 Å². The van der Waals surface area contributed by atoms with E-state index in [9.17, 15) is 26.7 Å². The van der Waals surface area contributed by atoms with E-state index in [-0.39, 0.29) is 36.6 Å². The molecule has 5 heterocycles. The maximum atomic E-state index is 14.9. The number of aliphatic hydroxyl groups is 1. The van der Waals surface area contributed by atoms with Gasteiger partial charge < -0.3 is 20.6 Å². The average Bonchev–Trinajstić information content (AvgIpc) is 3.76. The van der Waals surface area contributed by atoms with E-state index in [0.29, 0.717) is 53.9 Å². The Hall–Kier alpha value is -4.31. The second-order valence-corrected chi connectivity index (χ2v) is 14.6. The number of alkyl halides is 2. The number of pyridine rings is 2. The third-order valence-corrected chi connectivity index (χ3v) is 10.6. The number of nitrogens with zero attached hydrogens (tertiary/aromatic N) is 7. The van der Waals surface area contributed by atoms with Crippen molar-refractivity contribution in [1.82, 2.24) is 29.1 Å². The molecule has 46 heavy (non-hydrogen) atoms. The third-order valence-electron chi connectivity index (χ3n) is 8.57. The Bertz CT molecular complexity index is 1860. The van der Waals surface area contributed by atoms with Crippen LogP contribution in [-0.4, -0.2) is 78.6 Å². The number of anilines is 4. The Morgan fingerprint density at radius 3 is 2.43 bits per heavy atom. The molecule has 12 nitrogen and oxygen atoms in total. The topological polar surface area (TPSA) is 151 Å². The van der Waals surface area contributed by atoms with E-state index < -0.39 is 32.6 Å². The molecule has 4 aromatic heterocycles. The molecule has 0 spiro atoms. The lowest BCUT2D eigenvalue weighted by Gasteiger charge is -2.40. The summed E-state index contributed by atoms with van der Waals surface area (Å²) >= 11 is 0. The SMILES string of the molecule is CC1(O)CCC(Nc2cc(Nc3nc(-c4cnn(S(=O)(=O)C5CC5)c4)ncc3F)ncc2-c2ccc(N3CC(F)(F)C3)cn2)CC1. The molecule has 0 atom stereocenters. The van der Waals surface area contributed by atoms with Crippen molar-refractivity contribution in [3.8, 4) is 22.6 Å². The molecular weight excluding hydrogens is 623 g/mol. The molecule has 0 bridgehead atoms. The summed E-state index contributed by atoms with van der Waals surface area (Å²) in [6.45, 7) is 1.12. The minimum absolute atomic E-state index is 0.0441. The van der Waals surface area contributed by atoms with Crippen molar-refractivity contribution in [2.45, 2.75) is 68.3 Å². The fourth-order valence-electron chi connectivity index (χ4n) is 5.67. The van der Waals surface area contributed by atoms with Gasteiger partial charge in [0.15, 0.2) is 17.5 Å². The van der Waals surface area contributed by atoms with Crippen molar-refractivity contribution in [2.24, 2.45) is 0 Å². The minimum Gasteiger partial charge on any atom is -0.390 e. The van der Waals surface area contributed by atoms with Crippen molar-refractivity contribution in [3.05, 3.63) is 55.0 Å². The van der Waals surface area contributed by atoms with Gasteiger partial charge in [-0.1, -0.05) is 0 Å². The highest BCUT2D eigenvalue weighted by Crippen LogP contribution is 2.36. The van der Waals surface area contributed by atoms with E-state index in [1.54, 1.807) is 35.5 Å². The van der Waals surface area contributed by atoms with Gasteiger partial charge in [0.1, 0.15) is 5.82 Å². The van der Waals surface area contributed by atoms with Gasteiger partial charge >= 0.3 is 0 Å². The van der Waals surface area contributed by atoms with Crippen LogP contribution >= 0.6 is 0 Å². The summed E-state index contributed by atoms with van der Waals surface area (Å²) in [5.41, 5.74) is 2.04. The molecule has 4 aromatic rings. The van der Waals surface area contributed by atoms with Crippen LogP contribution in [0.5, 0.6) is 0 Å². The first-order chi connectivity index (χ1) is 21.9. The monoisotopic (exact) mass is 655 g/mol. The zero-order valence-electron chi connectivity index (χ0n) is 24.9. The highest BCUT2D eigenvalue weighted by atomic mass is 32.2. The predicted octanol–water partition coefficient (Wildman–Crippen LogP) is 4.58. The van der Waals surface area contributed by atoms with Crippen molar-refractivity contribution in [1.29, 1.82) is 0 Å². The van der Waals surface area contributed by atoms with E-state index >= 15 is 0 Å². The standard InChI is InChI=1S/C30H32F3N9O3S/c1-29(43)8-6-19(7-9-29)38-25-10-26(35-13-22(25)24-5-2-20(12-34-24)41-16-30(32,33)17-41)39-28-23(31)14-36-27(40-28)18-11-37-42(15-18)46(44,45)21-3-4-21/h2,5,10-15,19,21,43H,3-4,6-9,16-17H2,1H3,(H2,35,36,38,39,40). The molecule has 1 saturated heterocycles. The third kappa shape index (κ3) is 6.23. The average molecular weight is 656 g/mol. The minimum atomic E-state index is -3.59. The second-order valence-electron chi connectivity index (χ2n) is 12.5. The molecule has 7 rings (SSSR count). The zero-order valence-corrected chi connectivity index (χ0v) is 25.7. The number of nitrogens with one attached hydrogen (secondary N) is 2. The van der Waals surface area contributed by atoms with Crippen molar-refractivity contribution in [3.63, 3.8) is 0 Å². The summed E-state index contributed by atoms with van der Waals surface area (Å²) in [6.07, 6.45) is 10.6. The summed E-state index contributed by atoms with van der Waals surface area (Å²) in [4.78, 5) is 18.9. The fourth-order valence-corrected chi connectivity index (χ4v) is 7.15. The van der Waals surface area contributed by atoms with Gasteiger partial charge in [0, 0.05) is 29.6 Å². The normalized spacial score (nSPS) is 22.7. The van der Waals surface area contributed by atoms with Gasteiger partial charge in [-0.3, -0.25) is 4.98 Å². The Balaban J connectivity index is 1.16. The van der Waals surface area contributed by atoms with Gasteiger partial charge in [-0.05, 0) is 57.6 Å². The van der Waals surface area contributed by atoms with Crippen LogP contribution in [0.15, 0.2) is 49.2 Å². The Kier molecular flexibility index (Phi) is 7.38. The van der Waals surface area contributed by atoms with Crippen molar-refractivity contribution >= 4 is 33.0 Å². The molecule has 2 saturated carbocycles. The van der Waals surface area contributed by atoms with E-state index in [1.165, 1.54) is 12.4 Å². The molecule has 0 aromatic carbocycles. The van der Waals surface area contributed by atoms with Gasteiger partial charge in [0.2, 0.25) is 0 Å². The number of rotatable bonds is 9. The predicted molar refractivity (Wildman–Crippen MR) is 165 cm³/mol. The maximum absolute atomic E-state index is 14.9. The number of halogens is 3. The van der Waals surface area contributed by atoms with Crippen LogP contribution in [0.4, 0.5) is 36.2 Å². The fraction of sp³-hybridized carbons (Fsp3) is 0.433. The summed E-state index contributed by atoms with van der Waals surface area (Å²) in [6, 6.07) is 5.23. The van der Waals surface area contributed by atoms with Gasteiger partial charge in [-0.15, -0.1) is 0 Å². The highest BCUT2D eigenvalue weighted by molar-refractivity contribution is 7.90. The molecule has 3 aliphatic rings. The molecule has 3 N–H and O–H groups in total. The summed E-state index contributed by atoms with van der Waals surface area (Å²) < 4.78 is 67.7. The largest absolute Gasteiger partial charge is 0.390 e. The van der Waals surface area contributed by atoms with Gasteiger partial charge in [0.25, 0.3) is 15.9 Å². The van der Waals surface area contributed by atoms with Crippen LogP contribution in [0.2, 0.25) is 0 Å². The highest BCUT2D eigenvalue weighted by Gasteiger charge is 2.44.